The summed E-state index contributed by atoms with van der Waals surface area (Å²) in [6.07, 6.45) is 2.48. The van der Waals surface area contributed by atoms with E-state index < -0.39 is 30.0 Å². The minimum Gasteiger partial charge on any atom is -0.478 e. The summed E-state index contributed by atoms with van der Waals surface area (Å²) in [5.74, 6) is -2.23. The van der Waals surface area contributed by atoms with Gasteiger partial charge in [-0.2, -0.15) is 0 Å². The second kappa shape index (κ2) is 14.2. The predicted octanol–water partition coefficient (Wildman–Crippen LogP) is 4.01. The number of fused-ring (bicyclic) bond motifs is 1. The van der Waals surface area contributed by atoms with Crippen LogP contribution in [0.15, 0.2) is 72.8 Å². The summed E-state index contributed by atoms with van der Waals surface area (Å²) in [4.78, 5) is 68.8. The van der Waals surface area contributed by atoms with E-state index in [1.54, 1.807) is 36.4 Å². The molecule has 2 aliphatic heterocycles. The average Bonchev–Trinajstić information content (AvgIpc) is 3.12. The minimum atomic E-state index is -1.22. The maximum absolute atomic E-state index is 14.1. The Hall–Kier alpha value is -4.74. The minimum absolute atomic E-state index is 0. The summed E-state index contributed by atoms with van der Waals surface area (Å²) in [5.41, 5.74) is 2.28. The Morgan fingerprint density at radius 2 is 1.68 bits per heavy atom. The molecule has 0 spiro atoms. The van der Waals surface area contributed by atoms with Gasteiger partial charge in [0.2, 0.25) is 5.91 Å². The molecule has 44 heavy (non-hydrogen) atoms. The number of hydrogen-bond donors (Lipinski definition) is 4. The summed E-state index contributed by atoms with van der Waals surface area (Å²) in [6.45, 7) is 2.05. The molecular formula is C32H34ClN5O6. The molecule has 230 valence electrons. The van der Waals surface area contributed by atoms with E-state index in [0.29, 0.717) is 29.9 Å². The van der Waals surface area contributed by atoms with E-state index in [2.05, 4.69) is 16.0 Å². The molecule has 0 radical (unpaired) electrons. The normalized spacial score (nSPS) is 17.9. The second-order valence-corrected chi connectivity index (χ2v) is 10.6. The van der Waals surface area contributed by atoms with Crippen molar-refractivity contribution in [2.75, 3.05) is 34.8 Å². The molecule has 3 aromatic rings. The number of aromatic carboxylic acids is 1. The second-order valence-electron chi connectivity index (χ2n) is 10.6. The van der Waals surface area contributed by atoms with E-state index in [0.717, 1.165) is 18.4 Å². The number of carbonyl (C=O) groups is 5. The van der Waals surface area contributed by atoms with Crippen molar-refractivity contribution in [3.8, 4) is 0 Å². The van der Waals surface area contributed by atoms with Crippen LogP contribution in [0.2, 0.25) is 0 Å². The van der Waals surface area contributed by atoms with Gasteiger partial charge in [0.1, 0.15) is 6.04 Å². The molecule has 2 unspecified atom stereocenters. The summed E-state index contributed by atoms with van der Waals surface area (Å²) in [5, 5.41) is 17.8. The number of rotatable bonds is 7. The molecule has 0 aromatic heterocycles. The Bertz CT molecular complexity index is 1570. The van der Waals surface area contributed by atoms with Crippen LogP contribution < -0.4 is 25.8 Å². The van der Waals surface area contributed by atoms with Crippen LogP contribution in [0.4, 0.5) is 21.9 Å². The monoisotopic (exact) mass is 619 g/mol. The van der Waals surface area contributed by atoms with Crippen molar-refractivity contribution < 1.29 is 29.1 Å². The highest BCUT2D eigenvalue weighted by molar-refractivity contribution is 6.13. The zero-order chi connectivity index (χ0) is 30.5. The van der Waals surface area contributed by atoms with E-state index in [-0.39, 0.29) is 48.4 Å². The molecule has 0 aliphatic carbocycles. The third-order valence-electron chi connectivity index (χ3n) is 7.69. The lowest BCUT2D eigenvalue weighted by Crippen LogP contribution is -2.56. The van der Waals surface area contributed by atoms with Gasteiger partial charge < -0.3 is 30.9 Å². The van der Waals surface area contributed by atoms with Gasteiger partial charge in [-0.3, -0.25) is 14.4 Å². The van der Waals surface area contributed by atoms with Crippen molar-refractivity contribution in [1.29, 1.82) is 0 Å². The van der Waals surface area contributed by atoms with Crippen LogP contribution in [0.3, 0.4) is 0 Å². The van der Waals surface area contributed by atoms with Gasteiger partial charge in [-0.1, -0.05) is 48.9 Å². The SMILES string of the molecule is Cc1ccccc1C(=O)CN1C(=O)C(NC(=O)Nc2cccc(C(=O)O)c2)CN(C(=O)C2CCCCN2)c2ccccc21.Cl. The van der Waals surface area contributed by atoms with Gasteiger partial charge in [-0.15, -0.1) is 12.4 Å². The van der Waals surface area contributed by atoms with Crippen LogP contribution in [-0.4, -0.2) is 66.4 Å². The molecule has 1 fully saturated rings. The van der Waals surface area contributed by atoms with Gasteiger partial charge in [-0.05, 0) is 62.2 Å². The maximum Gasteiger partial charge on any atom is 0.335 e. The number of carbonyl (C=O) groups excluding carboxylic acids is 4. The molecule has 2 atom stereocenters. The number of anilines is 3. The van der Waals surface area contributed by atoms with Crippen molar-refractivity contribution in [3.63, 3.8) is 0 Å². The summed E-state index contributed by atoms with van der Waals surface area (Å²) in [6, 6.07) is 17.3. The van der Waals surface area contributed by atoms with Gasteiger partial charge in [0.05, 0.1) is 36.1 Å². The van der Waals surface area contributed by atoms with Gasteiger partial charge in [0.15, 0.2) is 5.78 Å². The fraction of sp³-hybridized carbons (Fsp3) is 0.281. The van der Waals surface area contributed by atoms with E-state index in [1.807, 2.05) is 19.1 Å². The van der Waals surface area contributed by atoms with E-state index in [4.69, 9.17) is 0 Å². The molecule has 5 rings (SSSR count). The molecule has 4 N–H and O–H groups in total. The van der Waals surface area contributed by atoms with Crippen LogP contribution in [-0.2, 0) is 9.59 Å². The lowest BCUT2D eigenvalue weighted by Gasteiger charge is -2.31. The number of Topliss-reactive ketones (excluding diaryl/α,β-unsaturated/α-hetero) is 1. The fourth-order valence-electron chi connectivity index (χ4n) is 5.49. The fourth-order valence-corrected chi connectivity index (χ4v) is 5.49. The third-order valence-corrected chi connectivity index (χ3v) is 7.69. The number of piperidine rings is 1. The number of carboxylic acids is 1. The van der Waals surface area contributed by atoms with Gasteiger partial charge >= 0.3 is 12.0 Å². The van der Waals surface area contributed by atoms with Crippen molar-refractivity contribution in [2.24, 2.45) is 0 Å². The summed E-state index contributed by atoms with van der Waals surface area (Å²) >= 11 is 0. The van der Waals surface area contributed by atoms with Gasteiger partial charge in [0.25, 0.3) is 5.91 Å². The van der Waals surface area contributed by atoms with Crippen molar-refractivity contribution in [1.82, 2.24) is 10.6 Å². The van der Waals surface area contributed by atoms with Crippen LogP contribution in [0.1, 0.15) is 45.5 Å². The Morgan fingerprint density at radius 1 is 0.955 bits per heavy atom. The van der Waals surface area contributed by atoms with Gasteiger partial charge in [0, 0.05) is 11.3 Å². The first-order valence-corrected chi connectivity index (χ1v) is 14.2. The Balaban J connectivity index is 0.00000442. The highest BCUT2D eigenvalue weighted by Gasteiger charge is 2.39. The lowest BCUT2D eigenvalue weighted by atomic mass is 10.0. The van der Waals surface area contributed by atoms with Crippen molar-refractivity contribution in [2.45, 2.75) is 38.3 Å². The van der Waals surface area contributed by atoms with E-state index >= 15 is 0 Å². The number of halogens is 1. The Morgan fingerprint density at radius 3 is 2.39 bits per heavy atom. The number of benzene rings is 3. The molecular weight excluding hydrogens is 586 g/mol. The number of para-hydroxylation sites is 2. The highest BCUT2D eigenvalue weighted by atomic mass is 35.5. The number of ketones is 1. The Labute approximate surface area is 261 Å². The molecule has 4 amide bonds. The molecule has 0 saturated carbocycles. The first kappa shape index (κ1) is 32.2. The smallest absolute Gasteiger partial charge is 0.335 e. The van der Waals surface area contributed by atoms with Crippen molar-refractivity contribution in [3.05, 3.63) is 89.5 Å². The average molecular weight is 620 g/mol. The van der Waals surface area contributed by atoms with Crippen LogP contribution in [0.5, 0.6) is 0 Å². The number of nitrogens with zero attached hydrogens (tertiary/aromatic N) is 2. The summed E-state index contributed by atoms with van der Waals surface area (Å²) < 4.78 is 0. The lowest BCUT2D eigenvalue weighted by molar-refractivity contribution is -0.121. The molecule has 1 saturated heterocycles. The van der Waals surface area contributed by atoms with E-state index in [9.17, 15) is 29.1 Å². The summed E-state index contributed by atoms with van der Waals surface area (Å²) in [7, 11) is 0. The molecule has 2 heterocycles. The first-order chi connectivity index (χ1) is 20.7. The number of urea groups is 1. The largest absolute Gasteiger partial charge is 0.478 e. The van der Waals surface area contributed by atoms with E-state index in [1.165, 1.54) is 34.1 Å². The molecule has 12 heteroatoms. The predicted molar refractivity (Wildman–Crippen MR) is 169 cm³/mol. The van der Waals surface area contributed by atoms with Crippen LogP contribution in [0.25, 0.3) is 0 Å². The number of amides is 4. The number of carboxylic acid groups (broad SMARTS) is 1. The number of aryl methyl sites for hydroxylation is 1. The van der Waals surface area contributed by atoms with Crippen LogP contribution in [0, 0.1) is 6.92 Å². The molecule has 0 bridgehead atoms. The Kier molecular flexibility index (Phi) is 10.4. The van der Waals surface area contributed by atoms with Crippen molar-refractivity contribution >= 4 is 59.1 Å². The number of nitrogens with one attached hydrogen (secondary N) is 3. The third kappa shape index (κ3) is 7.07. The zero-order valence-corrected chi connectivity index (χ0v) is 24.9. The zero-order valence-electron chi connectivity index (χ0n) is 24.1. The van der Waals surface area contributed by atoms with Crippen LogP contribution >= 0.6 is 12.4 Å². The first-order valence-electron chi connectivity index (χ1n) is 14.2. The molecule has 2 aliphatic rings. The highest BCUT2D eigenvalue weighted by Crippen LogP contribution is 2.34. The van der Waals surface area contributed by atoms with Gasteiger partial charge in [-0.25, -0.2) is 9.59 Å². The molecule has 3 aromatic carbocycles. The standard InChI is InChI=1S/C32H33N5O6.ClH/c1-20-9-2-3-12-23(20)28(38)19-37-27-15-5-4-14-26(27)36(29(39)24-13-6-7-16-33-24)18-25(30(37)40)35-32(43)34-22-11-8-10-21(17-22)31(41)42;/h2-5,8-12,14-15,17,24-25,33H,6-7,13,16,18-19H2,1H3,(H,41,42)(H2,34,35,43);1H. The maximum atomic E-state index is 14.1. The molecule has 11 nitrogen and oxygen atoms in total. The quantitative estimate of drug-likeness (QED) is 0.292. The number of hydrogen-bond acceptors (Lipinski definition) is 6. The topological polar surface area (TPSA) is 148 Å².